The Kier molecular flexibility index (Phi) is 5.56. The Bertz CT molecular complexity index is 224. The molecule has 2 N–H and O–H groups in total. The Labute approximate surface area is 81.6 Å². The van der Waals surface area contributed by atoms with Crippen LogP contribution in [0.4, 0.5) is 0 Å². The third-order valence-corrected chi connectivity index (χ3v) is 4.76. The summed E-state index contributed by atoms with van der Waals surface area (Å²) >= 11 is 0. The second kappa shape index (κ2) is 5.60. The SMILES string of the molecule is CCCCS(=O)(=O)C(C)C(N)CC. The molecule has 0 aliphatic rings. The minimum Gasteiger partial charge on any atom is -0.327 e. The predicted octanol–water partition coefficient (Wildman–Crippen LogP) is 1.33. The highest BCUT2D eigenvalue weighted by molar-refractivity contribution is 7.92. The van der Waals surface area contributed by atoms with Crippen molar-refractivity contribution in [3.63, 3.8) is 0 Å². The second-order valence-electron chi connectivity index (χ2n) is 3.50. The van der Waals surface area contributed by atoms with E-state index in [-0.39, 0.29) is 11.8 Å². The highest BCUT2D eigenvalue weighted by Gasteiger charge is 2.24. The molecule has 0 aromatic heterocycles. The van der Waals surface area contributed by atoms with Gasteiger partial charge in [0, 0.05) is 6.04 Å². The zero-order valence-electron chi connectivity index (χ0n) is 8.79. The van der Waals surface area contributed by atoms with Crippen molar-refractivity contribution in [2.75, 3.05) is 5.75 Å². The Hall–Kier alpha value is -0.0900. The molecule has 80 valence electrons. The van der Waals surface area contributed by atoms with Crippen molar-refractivity contribution < 1.29 is 8.42 Å². The number of nitrogens with two attached hydrogens (primary N) is 1. The van der Waals surface area contributed by atoms with Crippen LogP contribution in [-0.4, -0.2) is 25.5 Å². The van der Waals surface area contributed by atoms with Gasteiger partial charge in [0.25, 0.3) is 0 Å². The first-order valence-electron chi connectivity index (χ1n) is 4.92. The lowest BCUT2D eigenvalue weighted by Gasteiger charge is -2.18. The molecule has 2 unspecified atom stereocenters. The van der Waals surface area contributed by atoms with Crippen LogP contribution in [0, 0.1) is 0 Å². The van der Waals surface area contributed by atoms with E-state index in [4.69, 9.17) is 5.73 Å². The lowest BCUT2D eigenvalue weighted by atomic mass is 10.2. The molecule has 2 atom stereocenters. The fourth-order valence-electron chi connectivity index (χ4n) is 1.13. The number of sulfone groups is 1. The summed E-state index contributed by atoms with van der Waals surface area (Å²) in [7, 11) is -2.96. The predicted molar refractivity (Wildman–Crippen MR) is 56.4 cm³/mol. The lowest BCUT2D eigenvalue weighted by molar-refractivity contribution is 0.549. The average Bonchev–Trinajstić information content (AvgIpc) is 2.12. The van der Waals surface area contributed by atoms with E-state index in [9.17, 15) is 8.42 Å². The summed E-state index contributed by atoms with van der Waals surface area (Å²) in [5.74, 6) is 0.276. The number of rotatable bonds is 6. The van der Waals surface area contributed by atoms with Crippen molar-refractivity contribution in [2.45, 2.75) is 51.3 Å². The molecule has 0 saturated heterocycles. The summed E-state index contributed by atoms with van der Waals surface area (Å²) in [5.41, 5.74) is 5.70. The summed E-state index contributed by atoms with van der Waals surface area (Å²) < 4.78 is 23.2. The van der Waals surface area contributed by atoms with E-state index >= 15 is 0 Å². The molecule has 0 spiro atoms. The van der Waals surface area contributed by atoms with E-state index in [0.29, 0.717) is 6.42 Å². The summed E-state index contributed by atoms with van der Waals surface area (Å²) in [6.07, 6.45) is 2.36. The molecule has 0 fully saturated rings. The normalized spacial score (nSPS) is 16.9. The van der Waals surface area contributed by atoms with Crippen LogP contribution >= 0.6 is 0 Å². The van der Waals surface area contributed by atoms with Crippen LogP contribution in [0.3, 0.4) is 0 Å². The Balaban J connectivity index is 4.28. The molecule has 0 radical (unpaired) electrons. The van der Waals surface area contributed by atoms with Crippen LogP contribution in [0.5, 0.6) is 0 Å². The number of hydrogen-bond donors (Lipinski definition) is 1. The maximum atomic E-state index is 11.6. The number of hydrogen-bond acceptors (Lipinski definition) is 3. The van der Waals surface area contributed by atoms with Gasteiger partial charge in [-0.25, -0.2) is 8.42 Å². The van der Waals surface area contributed by atoms with Crippen LogP contribution in [0.2, 0.25) is 0 Å². The highest BCUT2D eigenvalue weighted by atomic mass is 32.2. The zero-order valence-corrected chi connectivity index (χ0v) is 9.60. The van der Waals surface area contributed by atoms with E-state index in [1.54, 1.807) is 6.92 Å². The van der Waals surface area contributed by atoms with E-state index in [1.165, 1.54) is 0 Å². The Morgan fingerprint density at radius 2 is 1.85 bits per heavy atom. The Morgan fingerprint density at radius 3 is 2.23 bits per heavy atom. The molecule has 0 bridgehead atoms. The molecule has 0 heterocycles. The topological polar surface area (TPSA) is 60.2 Å². The van der Waals surface area contributed by atoms with Gasteiger partial charge < -0.3 is 5.73 Å². The van der Waals surface area contributed by atoms with Crippen LogP contribution in [0.15, 0.2) is 0 Å². The van der Waals surface area contributed by atoms with Crippen molar-refractivity contribution in [3.8, 4) is 0 Å². The maximum Gasteiger partial charge on any atom is 0.154 e. The Morgan fingerprint density at radius 1 is 1.31 bits per heavy atom. The molecule has 0 aromatic carbocycles. The van der Waals surface area contributed by atoms with Crippen molar-refractivity contribution in [2.24, 2.45) is 5.73 Å². The molecule has 0 saturated carbocycles. The fraction of sp³-hybridized carbons (Fsp3) is 1.00. The van der Waals surface area contributed by atoms with E-state index in [1.807, 2.05) is 13.8 Å². The molecule has 0 aliphatic heterocycles. The second-order valence-corrected chi connectivity index (χ2v) is 5.98. The van der Waals surface area contributed by atoms with Gasteiger partial charge in [-0.2, -0.15) is 0 Å². The van der Waals surface area contributed by atoms with Gasteiger partial charge in [0.1, 0.15) is 0 Å². The van der Waals surface area contributed by atoms with Gasteiger partial charge in [-0.3, -0.25) is 0 Å². The van der Waals surface area contributed by atoms with Gasteiger partial charge in [-0.05, 0) is 19.8 Å². The number of unbranched alkanes of at least 4 members (excludes halogenated alkanes) is 1. The summed E-state index contributed by atoms with van der Waals surface area (Å²) in [5, 5.41) is -0.399. The smallest absolute Gasteiger partial charge is 0.154 e. The molecule has 0 aromatic rings. The molecule has 0 rings (SSSR count). The van der Waals surface area contributed by atoms with Crippen LogP contribution in [0.1, 0.15) is 40.0 Å². The van der Waals surface area contributed by atoms with E-state index < -0.39 is 15.1 Å². The molecular formula is C9H21NO2S. The average molecular weight is 207 g/mol. The van der Waals surface area contributed by atoms with Gasteiger partial charge in [-0.1, -0.05) is 20.3 Å². The van der Waals surface area contributed by atoms with Crippen molar-refractivity contribution in [1.82, 2.24) is 0 Å². The molecule has 0 amide bonds. The van der Waals surface area contributed by atoms with Gasteiger partial charge >= 0.3 is 0 Å². The van der Waals surface area contributed by atoms with Gasteiger partial charge in [0.05, 0.1) is 11.0 Å². The largest absolute Gasteiger partial charge is 0.327 e. The lowest BCUT2D eigenvalue weighted by Crippen LogP contribution is -2.38. The van der Waals surface area contributed by atoms with E-state index in [0.717, 1.165) is 12.8 Å². The first kappa shape index (κ1) is 12.9. The van der Waals surface area contributed by atoms with Crippen LogP contribution < -0.4 is 5.73 Å². The monoisotopic (exact) mass is 207 g/mol. The maximum absolute atomic E-state index is 11.6. The minimum atomic E-state index is -2.96. The third-order valence-electron chi connectivity index (χ3n) is 2.42. The zero-order chi connectivity index (χ0) is 10.5. The first-order valence-corrected chi connectivity index (χ1v) is 6.64. The molecule has 4 heteroatoms. The molecule has 0 aliphatic carbocycles. The van der Waals surface area contributed by atoms with Gasteiger partial charge in [0.2, 0.25) is 0 Å². The summed E-state index contributed by atoms with van der Waals surface area (Å²) in [4.78, 5) is 0. The standard InChI is InChI=1S/C9H21NO2S/c1-4-6-7-13(11,12)8(3)9(10)5-2/h8-9H,4-7,10H2,1-3H3. The van der Waals surface area contributed by atoms with Crippen molar-refractivity contribution in [1.29, 1.82) is 0 Å². The van der Waals surface area contributed by atoms with Crippen molar-refractivity contribution >= 4 is 9.84 Å². The molecule has 3 nitrogen and oxygen atoms in total. The highest BCUT2D eigenvalue weighted by Crippen LogP contribution is 2.10. The molecular weight excluding hydrogens is 186 g/mol. The summed E-state index contributed by atoms with van der Waals surface area (Å²) in [6, 6.07) is -0.221. The third kappa shape index (κ3) is 4.09. The molecule has 13 heavy (non-hydrogen) atoms. The minimum absolute atomic E-state index is 0.221. The van der Waals surface area contributed by atoms with Crippen molar-refractivity contribution in [3.05, 3.63) is 0 Å². The van der Waals surface area contributed by atoms with Gasteiger partial charge in [-0.15, -0.1) is 0 Å². The summed E-state index contributed by atoms with van der Waals surface area (Å²) in [6.45, 7) is 5.61. The first-order chi connectivity index (χ1) is 5.95. The van der Waals surface area contributed by atoms with Crippen LogP contribution in [0.25, 0.3) is 0 Å². The van der Waals surface area contributed by atoms with Gasteiger partial charge in [0.15, 0.2) is 9.84 Å². The fourth-order valence-corrected chi connectivity index (χ4v) is 2.92. The van der Waals surface area contributed by atoms with Crippen LogP contribution in [-0.2, 0) is 9.84 Å². The van der Waals surface area contributed by atoms with E-state index in [2.05, 4.69) is 0 Å². The quantitative estimate of drug-likeness (QED) is 0.714.